The molecule has 104 valence electrons. The number of amides is 1. The minimum Gasteiger partial charge on any atom is -0.481 e. The normalized spacial score (nSPS) is 11.2. The van der Waals surface area contributed by atoms with Crippen LogP contribution in [0.25, 0.3) is 0 Å². The largest absolute Gasteiger partial charge is 0.481 e. The number of carbonyl (C=O) groups is 2. The molecule has 4 heteroatoms. The lowest BCUT2D eigenvalue weighted by molar-refractivity contribution is -0.136. The van der Waals surface area contributed by atoms with Crippen molar-refractivity contribution in [3.8, 4) is 0 Å². The van der Waals surface area contributed by atoms with Crippen molar-refractivity contribution < 1.29 is 14.7 Å². The fourth-order valence-corrected chi connectivity index (χ4v) is 2.11. The SMILES string of the molecule is CCN(C(=O)c1ccccc1CC(=O)O)C(C)(C)C. The summed E-state index contributed by atoms with van der Waals surface area (Å²) in [5.41, 5.74) is 0.742. The monoisotopic (exact) mass is 263 g/mol. The van der Waals surface area contributed by atoms with E-state index in [1.165, 1.54) is 0 Å². The van der Waals surface area contributed by atoms with Crippen LogP contribution in [-0.2, 0) is 11.2 Å². The minimum absolute atomic E-state index is 0.119. The first kappa shape index (κ1) is 15.2. The number of benzene rings is 1. The number of nitrogens with zero attached hydrogens (tertiary/aromatic N) is 1. The van der Waals surface area contributed by atoms with Gasteiger partial charge in [-0.3, -0.25) is 9.59 Å². The summed E-state index contributed by atoms with van der Waals surface area (Å²) in [6.07, 6.45) is -0.135. The van der Waals surface area contributed by atoms with Crippen LogP contribution in [0.4, 0.5) is 0 Å². The van der Waals surface area contributed by atoms with Crippen LogP contribution in [0, 0.1) is 0 Å². The highest BCUT2D eigenvalue weighted by Gasteiger charge is 2.27. The first-order chi connectivity index (χ1) is 8.77. The number of carbonyl (C=O) groups excluding carboxylic acids is 1. The van der Waals surface area contributed by atoms with Crippen molar-refractivity contribution in [1.29, 1.82) is 0 Å². The Bertz CT molecular complexity index is 475. The molecule has 1 rings (SSSR count). The molecule has 1 aromatic carbocycles. The molecular weight excluding hydrogens is 242 g/mol. The van der Waals surface area contributed by atoms with Crippen molar-refractivity contribution in [2.45, 2.75) is 39.7 Å². The van der Waals surface area contributed by atoms with Crippen molar-refractivity contribution >= 4 is 11.9 Å². The molecule has 0 heterocycles. The van der Waals surface area contributed by atoms with Gasteiger partial charge in [-0.25, -0.2) is 0 Å². The van der Waals surface area contributed by atoms with Crippen molar-refractivity contribution in [1.82, 2.24) is 4.90 Å². The van der Waals surface area contributed by atoms with Gasteiger partial charge in [0.2, 0.25) is 0 Å². The third-order valence-electron chi connectivity index (χ3n) is 2.96. The molecule has 0 saturated heterocycles. The molecule has 0 aliphatic carbocycles. The Balaban J connectivity index is 3.15. The van der Waals surface area contributed by atoms with Crippen LogP contribution in [0.5, 0.6) is 0 Å². The molecule has 4 nitrogen and oxygen atoms in total. The number of aliphatic carboxylic acids is 1. The van der Waals surface area contributed by atoms with Crippen LogP contribution in [0.15, 0.2) is 24.3 Å². The third kappa shape index (κ3) is 3.81. The van der Waals surface area contributed by atoms with E-state index in [1.54, 1.807) is 29.2 Å². The molecule has 1 N–H and O–H groups in total. The lowest BCUT2D eigenvalue weighted by Gasteiger charge is -2.35. The number of carboxylic acids is 1. The molecule has 0 aromatic heterocycles. The van der Waals surface area contributed by atoms with Gasteiger partial charge in [-0.05, 0) is 39.3 Å². The van der Waals surface area contributed by atoms with Gasteiger partial charge in [-0.2, -0.15) is 0 Å². The summed E-state index contributed by atoms with van der Waals surface area (Å²) in [5.74, 6) is -1.05. The zero-order valence-corrected chi connectivity index (χ0v) is 11.9. The van der Waals surface area contributed by atoms with Gasteiger partial charge < -0.3 is 10.0 Å². The predicted molar refractivity (Wildman–Crippen MR) is 74.2 cm³/mol. The van der Waals surface area contributed by atoms with E-state index >= 15 is 0 Å². The fraction of sp³-hybridized carbons (Fsp3) is 0.467. The molecule has 0 aliphatic rings. The quantitative estimate of drug-likeness (QED) is 0.908. The summed E-state index contributed by atoms with van der Waals surface area (Å²) in [6.45, 7) is 8.41. The van der Waals surface area contributed by atoms with Gasteiger partial charge in [0.25, 0.3) is 5.91 Å². The smallest absolute Gasteiger partial charge is 0.307 e. The van der Waals surface area contributed by atoms with E-state index in [1.807, 2.05) is 27.7 Å². The zero-order valence-electron chi connectivity index (χ0n) is 11.9. The van der Waals surface area contributed by atoms with Gasteiger partial charge in [0.1, 0.15) is 0 Å². The fourth-order valence-electron chi connectivity index (χ4n) is 2.11. The van der Waals surface area contributed by atoms with E-state index in [4.69, 9.17) is 5.11 Å². The topological polar surface area (TPSA) is 57.6 Å². The highest BCUT2D eigenvalue weighted by molar-refractivity contribution is 5.97. The Morgan fingerprint density at radius 1 is 1.21 bits per heavy atom. The highest BCUT2D eigenvalue weighted by atomic mass is 16.4. The van der Waals surface area contributed by atoms with Gasteiger partial charge in [-0.15, -0.1) is 0 Å². The molecule has 1 amide bonds. The molecule has 0 spiro atoms. The molecule has 0 aliphatic heterocycles. The molecule has 0 atom stereocenters. The van der Waals surface area contributed by atoms with Crippen molar-refractivity contribution in [2.75, 3.05) is 6.54 Å². The number of carboxylic acid groups (broad SMARTS) is 1. The Morgan fingerprint density at radius 2 is 1.79 bits per heavy atom. The second kappa shape index (κ2) is 5.87. The predicted octanol–water partition coefficient (Wildman–Crippen LogP) is 2.57. The van der Waals surface area contributed by atoms with Gasteiger partial charge in [0.15, 0.2) is 0 Å². The summed E-state index contributed by atoms with van der Waals surface area (Å²) in [5, 5.41) is 8.90. The number of hydrogen-bond acceptors (Lipinski definition) is 2. The van der Waals surface area contributed by atoms with Gasteiger partial charge in [0.05, 0.1) is 6.42 Å². The van der Waals surface area contributed by atoms with Gasteiger partial charge in [0, 0.05) is 17.6 Å². The standard InChI is InChI=1S/C15H21NO3/c1-5-16(15(2,3)4)14(19)12-9-7-6-8-11(12)10-13(17)18/h6-9H,5,10H2,1-4H3,(H,17,18). The maximum Gasteiger partial charge on any atom is 0.307 e. The minimum atomic E-state index is -0.931. The average molecular weight is 263 g/mol. The Labute approximate surface area is 114 Å². The lowest BCUT2D eigenvalue weighted by Crippen LogP contribution is -2.45. The summed E-state index contributed by atoms with van der Waals surface area (Å²) >= 11 is 0. The summed E-state index contributed by atoms with van der Waals surface area (Å²) in [7, 11) is 0. The molecule has 0 fully saturated rings. The van der Waals surface area contributed by atoms with E-state index in [2.05, 4.69) is 0 Å². The van der Waals surface area contributed by atoms with Crippen LogP contribution >= 0.6 is 0 Å². The van der Waals surface area contributed by atoms with Crippen molar-refractivity contribution in [3.63, 3.8) is 0 Å². The Hall–Kier alpha value is -1.84. The van der Waals surface area contributed by atoms with Crippen LogP contribution < -0.4 is 0 Å². The van der Waals surface area contributed by atoms with E-state index in [0.717, 1.165) is 0 Å². The first-order valence-electron chi connectivity index (χ1n) is 6.39. The Kier molecular flexibility index (Phi) is 4.70. The molecule has 0 radical (unpaired) electrons. The van der Waals surface area contributed by atoms with Crippen LogP contribution in [0.1, 0.15) is 43.6 Å². The molecule has 1 aromatic rings. The maximum atomic E-state index is 12.6. The van der Waals surface area contributed by atoms with Gasteiger partial charge in [-0.1, -0.05) is 18.2 Å². The van der Waals surface area contributed by atoms with Crippen LogP contribution in [0.2, 0.25) is 0 Å². The Morgan fingerprint density at radius 3 is 2.26 bits per heavy atom. The molecular formula is C15H21NO3. The van der Waals surface area contributed by atoms with Crippen molar-refractivity contribution in [2.24, 2.45) is 0 Å². The highest BCUT2D eigenvalue weighted by Crippen LogP contribution is 2.19. The van der Waals surface area contributed by atoms with E-state index in [-0.39, 0.29) is 17.9 Å². The number of rotatable bonds is 4. The van der Waals surface area contributed by atoms with E-state index in [9.17, 15) is 9.59 Å². The molecule has 19 heavy (non-hydrogen) atoms. The average Bonchev–Trinajstić information content (AvgIpc) is 2.27. The second-order valence-corrected chi connectivity index (χ2v) is 5.45. The van der Waals surface area contributed by atoms with E-state index < -0.39 is 5.97 Å². The molecule has 0 bridgehead atoms. The maximum absolute atomic E-state index is 12.6. The first-order valence-corrected chi connectivity index (χ1v) is 6.39. The van der Waals surface area contributed by atoms with Crippen LogP contribution in [0.3, 0.4) is 0 Å². The van der Waals surface area contributed by atoms with Gasteiger partial charge >= 0.3 is 5.97 Å². The third-order valence-corrected chi connectivity index (χ3v) is 2.96. The summed E-state index contributed by atoms with van der Waals surface area (Å²) in [6, 6.07) is 6.89. The zero-order chi connectivity index (χ0) is 14.6. The lowest BCUT2D eigenvalue weighted by atomic mass is 9.99. The number of hydrogen-bond donors (Lipinski definition) is 1. The summed E-state index contributed by atoms with van der Waals surface area (Å²) in [4.78, 5) is 25.2. The van der Waals surface area contributed by atoms with Crippen molar-refractivity contribution in [3.05, 3.63) is 35.4 Å². The second-order valence-electron chi connectivity index (χ2n) is 5.45. The van der Waals surface area contributed by atoms with E-state index in [0.29, 0.717) is 17.7 Å². The molecule has 0 unspecified atom stereocenters. The summed E-state index contributed by atoms with van der Waals surface area (Å²) < 4.78 is 0. The molecule has 0 saturated carbocycles. The van der Waals surface area contributed by atoms with Crippen LogP contribution in [-0.4, -0.2) is 34.0 Å².